The predicted octanol–water partition coefficient (Wildman–Crippen LogP) is 4.17. The second-order valence-electron chi connectivity index (χ2n) is 6.38. The van der Waals surface area contributed by atoms with E-state index in [4.69, 9.17) is 4.42 Å². The summed E-state index contributed by atoms with van der Waals surface area (Å²) < 4.78 is 6.93. The number of rotatable bonds is 4. The molecule has 28 heavy (non-hydrogen) atoms. The first-order valence-electron chi connectivity index (χ1n) is 8.71. The Morgan fingerprint density at radius 2 is 1.64 bits per heavy atom. The predicted molar refractivity (Wildman–Crippen MR) is 109 cm³/mol. The monoisotopic (exact) mass is 391 g/mol. The Kier molecular flexibility index (Phi) is 4.79. The van der Waals surface area contributed by atoms with Crippen molar-refractivity contribution < 1.29 is 9.52 Å². The van der Waals surface area contributed by atoms with Gasteiger partial charge in [-0.3, -0.25) is 4.79 Å². The summed E-state index contributed by atoms with van der Waals surface area (Å²) in [6.45, 7) is 2.13. The minimum atomic E-state index is -0.668. The summed E-state index contributed by atoms with van der Waals surface area (Å²) in [6, 6.07) is 20.3. The second kappa shape index (κ2) is 7.40. The van der Waals surface area contributed by atoms with Gasteiger partial charge in [0.25, 0.3) is 5.56 Å². The van der Waals surface area contributed by atoms with Gasteiger partial charge in [0.05, 0.1) is 6.54 Å². The summed E-state index contributed by atoms with van der Waals surface area (Å²) in [6.07, 6.45) is 0. The number of aryl methyl sites for hydroxylation is 1. The topological polar surface area (TPSA) is 72.4 Å². The first-order chi connectivity index (χ1) is 13.5. The van der Waals surface area contributed by atoms with Crippen LogP contribution in [0.1, 0.15) is 11.3 Å². The fraction of sp³-hybridized carbons (Fsp3) is 0.0909. The Hall–Kier alpha value is -3.25. The van der Waals surface area contributed by atoms with Crippen LogP contribution in [-0.2, 0) is 6.54 Å². The Balaban J connectivity index is 1.88. The highest BCUT2D eigenvalue weighted by molar-refractivity contribution is 7.99. The van der Waals surface area contributed by atoms with Gasteiger partial charge in [-0.15, -0.1) is 0 Å². The number of hydrogen-bond acceptors (Lipinski definition) is 5. The molecule has 4 aromatic rings. The molecule has 0 radical (unpaired) electrons. The molecule has 0 unspecified atom stereocenters. The van der Waals surface area contributed by atoms with E-state index in [1.165, 1.54) is 0 Å². The van der Waals surface area contributed by atoms with Crippen LogP contribution in [0.25, 0.3) is 11.0 Å². The van der Waals surface area contributed by atoms with E-state index < -0.39 is 11.2 Å². The minimum absolute atomic E-state index is 0.00548. The summed E-state index contributed by atoms with van der Waals surface area (Å²) in [5.41, 5.74) is 0.635. The van der Waals surface area contributed by atoms with Gasteiger partial charge in [0.15, 0.2) is 5.75 Å². The van der Waals surface area contributed by atoms with Crippen molar-refractivity contribution in [2.45, 2.75) is 23.3 Å². The molecule has 140 valence electrons. The Labute approximate surface area is 164 Å². The molecule has 0 saturated heterocycles. The van der Waals surface area contributed by atoms with Crippen molar-refractivity contribution in [3.63, 3.8) is 0 Å². The number of aromatic hydroxyl groups is 1. The molecule has 4 rings (SSSR count). The highest BCUT2D eigenvalue weighted by Gasteiger charge is 2.20. The lowest BCUT2D eigenvalue weighted by atomic mass is 10.2. The van der Waals surface area contributed by atoms with Gasteiger partial charge < -0.3 is 14.1 Å². The van der Waals surface area contributed by atoms with Gasteiger partial charge in [-0.05, 0) is 24.6 Å². The van der Waals surface area contributed by atoms with Gasteiger partial charge >= 0.3 is 5.63 Å². The van der Waals surface area contributed by atoms with Gasteiger partial charge in [0, 0.05) is 16.7 Å². The summed E-state index contributed by atoms with van der Waals surface area (Å²) in [5, 5.41) is 10.8. The molecule has 2 aromatic carbocycles. The zero-order valence-corrected chi connectivity index (χ0v) is 15.9. The zero-order valence-electron chi connectivity index (χ0n) is 15.1. The molecule has 2 heterocycles. The van der Waals surface area contributed by atoms with E-state index in [1.807, 2.05) is 60.7 Å². The number of benzene rings is 2. The van der Waals surface area contributed by atoms with Gasteiger partial charge in [-0.1, -0.05) is 60.3 Å². The van der Waals surface area contributed by atoms with Crippen LogP contribution in [0.5, 0.6) is 5.75 Å². The Morgan fingerprint density at radius 3 is 2.32 bits per heavy atom. The summed E-state index contributed by atoms with van der Waals surface area (Å²) >= 11 is 1.07. The Bertz CT molecular complexity index is 1260. The molecule has 2 aromatic heterocycles. The van der Waals surface area contributed by atoms with E-state index in [2.05, 4.69) is 0 Å². The summed E-state index contributed by atoms with van der Waals surface area (Å²) in [7, 11) is 0. The maximum absolute atomic E-state index is 13.1. The fourth-order valence-corrected chi connectivity index (χ4v) is 3.91. The van der Waals surface area contributed by atoms with E-state index in [1.54, 1.807) is 17.6 Å². The summed E-state index contributed by atoms with van der Waals surface area (Å²) in [5.74, 6) is -0.341. The molecule has 0 bridgehead atoms. The van der Waals surface area contributed by atoms with Gasteiger partial charge in [-0.25, -0.2) is 4.79 Å². The lowest BCUT2D eigenvalue weighted by molar-refractivity contribution is 0.445. The molecule has 0 aliphatic rings. The van der Waals surface area contributed by atoms with Crippen molar-refractivity contribution >= 4 is 22.7 Å². The Morgan fingerprint density at radius 1 is 1.00 bits per heavy atom. The molecule has 0 aliphatic heterocycles. The molecule has 0 amide bonds. The smallest absolute Gasteiger partial charge is 0.354 e. The van der Waals surface area contributed by atoms with E-state index in [0.717, 1.165) is 22.2 Å². The van der Waals surface area contributed by atoms with Crippen molar-refractivity contribution in [1.82, 2.24) is 4.57 Å². The zero-order chi connectivity index (χ0) is 19.7. The highest BCUT2D eigenvalue weighted by atomic mass is 32.2. The van der Waals surface area contributed by atoms with Crippen molar-refractivity contribution in [2.75, 3.05) is 0 Å². The number of fused-ring (bicyclic) bond motifs is 1. The van der Waals surface area contributed by atoms with E-state index >= 15 is 0 Å². The van der Waals surface area contributed by atoms with Crippen molar-refractivity contribution in [1.29, 1.82) is 0 Å². The lowest BCUT2D eigenvalue weighted by Gasteiger charge is -2.13. The van der Waals surface area contributed by atoms with Crippen LogP contribution < -0.4 is 11.2 Å². The van der Waals surface area contributed by atoms with Crippen LogP contribution in [-0.4, -0.2) is 9.67 Å². The normalized spacial score (nSPS) is 11.0. The number of aromatic nitrogens is 1. The third-order valence-electron chi connectivity index (χ3n) is 4.46. The SMILES string of the molecule is Cc1cc2oc(=O)c(Sc3ccccc3)c(O)c2c(=O)n1Cc1ccccc1. The number of pyridine rings is 1. The molecule has 0 saturated carbocycles. The molecular weight excluding hydrogens is 374 g/mol. The number of hydrogen-bond donors (Lipinski definition) is 1. The fourth-order valence-electron chi connectivity index (χ4n) is 3.05. The molecule has 0 atom stereocenters. The first kappa shape index (κ1) is 18.1. The highest BCUT2D eigenvalue weighted by Crippen LogP contribution is 2.35. The van der Waals surface area contributed by atoms with E-state index in [0.29, 0.717) is 12.2 Å². The van der Waals surface area contributed by atoms with Crippen LogP contribution in [0, 0.1) is 6.92 Å². The van der Waals surface area contributed by atoms with Crippen LogP contribution in [0.15, 0.2) is 90.5 Å². The summed E-state index contributed by atoms with van der Waals surface area (Å²) in [4.78, 5) is 26.3. The minimum Gasteiger partial charge on any atom is -0.505 e. The second-order valence-corrected chi connectivity index (χ2v) is 7.47. The largest absolute Gasteiger partial charge is 0.505 e. The van der Waals surface area contributed by atoms with Crippen LogP contribution in [0.2, 0.25) is 0 Å². The maximum Gasteiger partial charge on any atom is 0.354 e. The van der Waals surface area contributed by atoms with E-state index in [-0.39, 0.29) is 21.6 Å². The average Bonchev–Trinajstić information content (AvgIpc) is 2.69. The average molecular weight is 391 g/mol. The van der Waals surface area contributed by atoms with Crippen molar-refractivity contribution in [2.24, 2.45) is 0 Å². The third kappa shape index (κ3) is 3.34. The standard InChI is InChI=1S/C22H17NO4S/c1-14-12-17-18(21(25)23(14)13-15-8-4-2-5-9-15)19(24)20(22(26)27-17)28-16-10-6-3-7-11-16/h2-12,24H,13H2,1H3. The first-order valence-corrected chi connectivity index (χ1v) is 9.53. The molecule has 0 fully saturated rings. The van der Waals surface area contributed by atoms with Crippen molar-refractivity contribution in [3.05, 3.63) is 98.8 Å². The molecule has 1 N–H and O–H groups in total. The molecule has 6 heteroatoms. The van der Waals surface area contributed by atoms with Gasteiger partial charge in [0.1, 0.15) is 15.9 Å². The molecule has 0 aliphatic carbocycles. The molecule has 5 nitrogen and oxygen atoms in total. The van der Waals surface area contributed by atoms with Crippen LogP contribution in [0.3, 0.4) is 0 Å². The number of nitrogens with zero attached hydrogens (tertiary/aromatic N) is 1. The maximum atomic E-state index is 13.1. The van der Waals surface area contributed by atoms with Gasteiger partial charge in [-0.2, -0.15) is 0 Å². The third-order valence-corrected chi connectivity index (χ3v) is 5.53. The van der Waals surface area contributed by atoms with Crippen LogP contribution in [0.4, 0.5) is 0 Å². The molecule has 0 spiro atoms. The quantitative estimate of drug-likeness (QED) is 0.565. The van der Waals surface area contributed by atoms with Gasteiger partial charge in [0.2, 0.25) is 0 Å². The van der Waals surface area contributed by atoms with Crippen LogP contribution >= 0.6 is 11.8 Å². The van der Waals surface area contributed by atoms with E-state index in [9.17, 15) is 14.7 Å². The lowest BCUT2D eigenvalue weighted by Crippen LogP contribution is -2.24. The van der Waals surface area contributed by atoms with Crippen molar-refractivity contribution in [3.8, 4) is 5.75 Å². The molecular formula is C22H17NO4S.